The van der Waals surface area contributed by atoms with Crippen LogP contribution in [0.1, 0.15) is 24.2 Å². The number of hydrogen-bond donors (Lipinski definition) is 1. The second-order valence-electron chi connectivity index (χ2n) is 4.81. The molecule has 0 aromatic heterocycles. The van der Waals surface area contributed by atoms with Gasteiger partial charge in [-0.15, -0.1) is 0 Å². The monoisotopic (exact) mass is 360 g/mol. The number of cyclic esters (lactones) is 1. The van der Waals surface area contributed by atoms with Crippen LogP contribution in [0.25, 0.3) is 0 Å². The van der Waals surface area contributed by atoms with E-state index in [2.05, 4.69) is 4.74 Å². The lowest BCUT2D eigenvalue weighted by Crippen LogP contribution is -2.39. The number of esters is 1. The fraction of sp³-hybridized carbons (Fsp3) is 0.417. The van der Waals surface area contributed by atoms with Gasteiger partial charge in [0.2, 0.25) is 5.79 Å². The van der Waals surface area contributed by atoms with E-state index < -0.39 is 57.4 Å². The molecule has 0 fully saturated rings. The lowest BCUT2D eigenvalue weighted by Gasteiger charge is -2.33. The lowest BCUT2D eigenvalue weighted by atomic mass is 10.1. The molecule has 0 saturated heterocycles. The Kier molecular flexibility index (Phi) is 4.03. The normalized spacial score (nSPS) is 16.6. The van der Waals surface area contributed by atoms with Gasteiger partial charge in [0.1, 0.15) is 15.6 Å². The maximum Gasteiger partial charge on any atom is 0.422 e. The molecule has 5 nitrogen and oxygen atoms in total. The molecule has 10 heteroatoms. The third-order valence-corrected chi connectivity index (χ3v) is 3.37. The van der Waals surface area contributed by atoms with E-state index >= 15 is 0 Å². The Morgan fingerprint density at radius 1 is 1.23 bits per heavy atom. The smallest absolute Gasteiger partial charge is 0.422 e. The molecule has 0 atom stereocenters. The summed E-state index contributed by atoms with van der Waals surface area (Å²) in [6.07, 6.45) is -4.67. The summed E-state index contributed by atoms with van der Waals surface area (Å²) in [5.41, 5.74) is -0.560. The van der Waals surface area contributed by atoms with Gasteiger partial charge < -0.3 is 19.3 Å². The predicted molar refractivity (Wildman–Crippen MR) is 69.8 cm³/mol. The zero-order valence-corrected chi connectivity index (χ0v) is 12.7. The first kappa shape index (κ1) is 16.8. The van der Waals surface area contributed by atoms with Crippen LogP contribution in [0.2, 0.25) is 10.0 Å². The minimum Gasteiger partial charge on any atom is -0.503 e. The molecule has 1 N–H and O–H groups in total. The van der Waals surface area contributed by atoms with Crippen molar-refractivity contribution in [2.45, 2.75) is 25.8 Å². The fourth-order valence-corrected chi connectivity index (χ4v) is 2.16. The fourth-order valence-electron chi connectivity index (χ4n) is 1.75. The lowest BCUT2D eigenvalue weighted by molar-refractivity contribution is -0.154. The Labute approximate surface area is 132 Å². The standard InChI is InChI=1S/C12H9Cl2F3O5/c1-11(2)21-9-4(10(19)22-11)8(20-3-12(15,16)17)6(14)5(13)7(9)18/h18H,3H2,1-2H3. The van der Waals surface area contributed by atoms with E-state index in [4.69, 9.17) is 32.7 Å². The van der Waals surface area contributed by atoms with Crippen LogP contribution in [0.15, 0.2) is 0 Å². The molecule has 1 heterocycles. The first-order valence-electron chi connectivity index (χ1n) is 5.79. The largest absolute Gasteiger partial charge is 0.503 e. The van der Waals surface area contributed by atoms with Gasteiger partial charge in [0.05, 0.1) is 0 Å². The van der Waals surface area contributed by atoms with E-state index in [9.17, 15) is 23.1 Å². The van der Waals surface area contributed by atoms with Crippen molar-refractivity contribution >= 4 is 29.2 Å². The van der Waals surface area contributed by atoms with Gasteiger partial charge >= 0.3 is 12.1 Å². The van der Waals surface area contributed by atoms with E-state index in [1.165, 1.54) is 13.8 Å². The molecule has 122 valence electrons. The number of benzene rings is 1. The summed E-state index contributed by atoms with van der Waals surface area (Å²) in [4.78, 5) is 12.0. The van der Waals surface area contributed by atoms with Gasteiger partial charge in [0.15, 0.2) is 23.9 Å². The summed E-state index contributed by atoms with van der Waals surface area (Å²) in [6.45, 7) is 1.02. The quantitative estimate of drug-likeness (QED) is 0.809. The summed E-state index contributed by atoms with van der Waals surface area (Å²) in [7, 11) is 0. The summed E-state index contributed by atoms with van der Waals surface area (Å²) >= 11 is 11.5. The first-order valence-corrected chi connectivity index (χ1v) is 6.54. The highest BCUT2D eigenvalue weighted by molar-refractivity contribution is 6.44. The van der Waals surface area contributed by atoms with Gasteiger partial charge in [0.25, 0.3) is 0 Å². The van der Waals surface area contributed by atoms with Crippen LogP contribution in [0.3, 0.4) is 0 Å². The molecule has 0 unspecified atom stereocenters. The predicted octanol–water partition coefficient (Wildman–Crippen LogP) is 3.93. The number of carbonyl (C=O) groups is 1. The molecule has 2 rings (SSSR count). The number of halogens is 5. The topological polar surface area (TPSA) is 65.0 Å². The van der Waals surface area contributed by atoms with Crippen molar-refractivity contribution in [3.05, 3.63) is 15.6 Å². The molecule has 1 aliphatic heterocycles. The number of rotatable bonds is 2. The Balaban J connectivity index is 2.60. The van der Waals surface area contributed by atoms with Gasteiger partial charge in [-0.2, -0.15) is 13.2 Å². The van der Waals surface area contributed by atoms with Gasteiger partial charge in [-0.05, 0) is 0 Å². The van der Waals surface area contributed by atoms with Crippen molar-refractivity contribution in [1.29, 1.82) is 0 Å². The van der Waals surface area contributed by atoms with E-state index in [-0.39, 0.29) is 0 Å². The van der Waals surface area contributed by atoms with Crippen molar-refractivity contribution in [3.63, 3.8) is 0 Å². The highest BCUT2D eigenvalue weighted by Crippen LogP contribution is 2.52. The van der Waals surface area contributed by atoms with E-state index in [0.29, 0.717) is 0 Å². The third kappa shape index (κ3) is 3.12. The van der Waals surface area contributed by atoms with Crippen molar-refractivity contribution < 1.29 is 37.3 Å². The maximum absolute atomic E-state index is 12.3. The Morgan fingerprint density at radius 3 is 2.36 bits per heavy atom. The van der Waals surface area contributed by atoms with Crippen molar-refractivity contribution in [2.24, 2.45) is 0 Å². The highest BCUT2D eigenvalue weighted by atomic mass is 35.5. The van der Waals surface area contributed by atoms with E-state index in [1.807, 2.05) is 0 Å². The Morgan fingerprint density at radius 2 is 1.82 bits per heavy atom. The minimum atomic E-state index is -4.67. The zero-order chi connectivity index (χ0) is 16.9. The summed E-state index contributed by atoms with van der Waals surface area (Å²) in [5, 5.41) is 8.85. The van der Waals surface area contributed by atoms with E-state index in [0.717, 1.165) is 0 Å². The zero-order valence-electron chi connectivity index (χ0n) is 11.2. The number of hydrogen-bond acceptors (Lipinski definition) is 5. The molecule has 0 spiro atoms. The summed E-state index contributed by atoms with van der Waals surface area (Å²) < 4.78 is 51.6. The summed E-state index contributed by atoms with van der Waals surface area (Å²) in [5.74, 6) is -4.31. The minimum absolute atomic E-state index is 0.451. The number of phenols is 1. The van der Waals surface area contributed by atoms with Crippen LogP contribution in [-0.4, -0.2) is 29.6 Å². The third-order valence-electron chi connectivity index (χ3n) is 2.54. The van der Waals surface area contributed by atoms with Crippen LogP contribution < -0.4 is 9.47 Å². The van der Waals surface area contributed by atoms with Crippen LogP contribution in [-0.2, 0) is 4.74 Å². The number of ether oxygens (including phenoxy) is 3. The van der Waals surface area contributed by atoms with Gasteiger partial charge in [-0.1, -0.05) is 23.2 Å². The van der Waals surface area contributed by atoms with Crippen molar-refractivity contribution in [1.82, 2.24) is 0 Å². The molecule has 0 saturated carbocycles. The number of aromatic hydroxyl groups is 1. The van der Waals surface area contributed by atoms with E-state index in [1.54, 1.807) is 0 Å². The van der Waals surface area contributed by atoms with Crippen LogP contribution in [0.5, 0.6) is 17.2 Å². The first-order chi connectivity index (χ1) is 9.93. The Bertz CT molecular complexity index is 643. The number of phenolic OH excluding ortho intramolecular Hbond substituents is 1. The molecule has 1 aliphatic rings. The number of carbonyl (C=O) groups excluding carboxylic acids is 1. The summed E-state index contributed by atoms with van der Waals surface area (Å²) in [6, 6.07) is 0. The number of alkyl halides is 3. The molecule has 1 aromatic rings. The van der Waals surface area contributed by atoms with Crippen molar-refractivity contribution in [2.75, 3.05) is 6.61 Å². The highest BCUT2D eigenvalue weighted by Gasteiger charge is 2.41. The SMILES string of the molecule is CC1(C)OC(=O)c2c(c(O)c(Cl)c(Cl)c2OCC(F)(F)F)O1. The van der Waals surface area contributed by atoms with Gasteiger partial charge in [-0.3, -0.25) is 0 Å². The molecule has 1 aromatic carbocycles. The average Bonchev–Trinajstić information content (AvgIpc) is 2.34. The van der Waals surface area contributed by atoms with Gasteiger partial charge in [0, 0.05) is 13.8 Å². The molecule has 0 bridgehead atoms. The van der Waals surface area contributed by atoms with Crippen LogP contribution >= 0.6 is 23.2 Å². The van der Waals surface area contributed by atoms with Crippen LogP contribution in [0, 0.1) is 0 Å². The second kappa shape index (κ2) is 5.27. The average molecular weight is 361 g/mol. The number of fused-ring (bicyclic) bond motifs is 1. The molecule has 22 heavy (non-hydrogen) atoms. The second-order valence-corrected chi connectivity index (χ2v) is 5.56. The molecular formula is C12H9Cl2F3O5. The maximum atomic E-state index is 12.3. The Hall–Kier alpha value is -1.54. The van der Waals surface area contributed by atoms with Crippen LogP contribution in [0.4, 0.5) is 13.2 Å². The molecule has 0 aliphatic carbocycles. The molecule has 0 radical (unpaired) electrons. The molecule has 0 amide bonds. The molecular weight excluding hydrogens is 352 g/mol. The van der Waals surface area contributed by atoms with Gasteiger partial charge in [-0.25, -0.2) is 4.79 Å². The van der Waals surface area contributed by atoms with Crippen molar-refractivity contribution in [3.8, 4) is 17.2 Å².